The average Bonchev–Trinajstić information content (AvgIpc) is 3.23. The fraction of sp³-hybridized carbons (Fsp3) is 0.696. The number of aryl methyl sites for hydroxylation is 1. The molecule has 2 aliphatic carbocycles. The first-order valence-electron chi connectivity index (χ1n) is 10.8. The lowest BCUT2D eigenvalue weighted by molar-refractivity contribution is -0.0355. The van der Waals surface area contributed by atoms with Crippen LogP contribution in [-0.2, 0) is 6.42 Å². The summed E-state index contributed by atoms with van der Waals surface area (Å²) in [5, 5.41) is 19.6. The third kappa shape index (κ3) is 4.85. The van der Waals surface area contributed by atoms with Crippen LogP contribution in [0.2, 0.25) is 0 Å². The Kier molecular flexibility index (Phi) is 7.32. The summed E-state index contributed by atoms with van der Waals surface area (Å²) in [4.78, 5) is 12.4. The van der Waals surface area contributed by atoms with Crippen molar-refractivity contribution in [3.05, 3.63) is 34.0 Å². The van der Waals surface area contributed by atoms with Gasteiger partial charge in [0.1, 0.15) is 11.0 Å². The molecule has 1 aromatic heterocycles. The molecule has 156 valence electrons. The number of carboxylic acids is 1. The minimum atomic E-state index is -0.869. The monoisotopic (exact) mass is 408 g/mol. The fourth-order valence-electron chi connectivity index (χ4n) is 5.00. The Morgan fingerprint density at radius 1 is 1.39 bits per heavy atom. The smallest absolute Gasteiger partial charge is 0.345 e. The molecule has 0 amide bonds. The summed E-state index contributed by atoms with van der Waals surface area (Å²) in [5.41, 5.74) is 0.101. The Balaban J connectivity index is 1.47. The van der Waals surface area contributed by atoms with Crippen molar-refractivity contribution in [2.24, 2.45) is 17.3 Å². The molecule has 0 radical (unpaired) electrons. The maximum Gasteiger partial charge on any atom is 0.345 e. The number of aromatic carboxylic acids is 1. The van der Waals surface area contributed by atoms with Gasteiger partial charge in [0.05, 0.1) is 6.10 Å². The van der Waals surface area contributed by atoms with Crippen LogP contribution in [0.1, 0.15) is 79.3 Å². The van der Waals surface area contributed by atoms with Gasteiger partial charge in [0, 0.05) is 10.8 Å². The second-order valence-electron chi connectivity index (χ2n) is 8.64. The first-order valence-corrected chi connectivity index (χ1v) is 11.6. The van der Waals surface area contributed by atoms with E-state index in [0.29, 0.717) is 23.6 Å². The highest BCUT2D eigenvalue weighted by Gasteiger charge is 2.41. The quantitative estimate of drug-likeness (QED) is 0.465. The normalized spacial score (nSPS) is 27.8. The summed E-state index contributed by atoms with van der Waals surface area (Å²) in [6.07, 6.45) is 12.4. The summed E-state index contributed by atoms with van der Waals surface area (Å²) in [7, 11) is 0. The molecule has 3 nitrogen and oxygen atoms in total. The SMILES string of the molecule is CCC1(C(O)C/C=C/C2[C@@H](CCCc3ccc(C(=O)O)s3)CC[C@H]2F)CCC1. The molecule has 0 aromatic carbocycles. The lowest BCUT2D eigenvalue weighted by Crippen LogP contribution is -2.40. The van der Waals surface area contributed by atoms with Gasteiger partial charge in [-0.2, -0.15) is 0 Å². The van der Waals surface area contributed by atoms with Crippen molar-refractivity contribution in [3.63, 3.8) is 0 Å². The molecule has 0 bridgehead atoms. The second kappa shape index (κ2) is 9.53. The second-order valence-corrected chi connectivity index (χ2v) is 9.81. The highest BCUT2D eigenvalue weighted by molar-refractivity contribution is 7.13. The Hall–Kier alpha value is -1.20. The standard InChI is InChI=1S/C23H33FO3S/c1-2-23(14-5-15-23)21(25)9-4-8-18-16(10-12-19(18)24)6-3-7-17-11-13-20(28-17)22(26)27/h4,8,11,13,16,18-19,21,25H,2-3,5-7,9-10,12,14-15H2,1H3,(H,26,27)/b8-4+/t16-,18?,19+,21?/m0/s1. The van der Waals surface area contributed by atoms with E-state index in [1.807, 2.05) is 18.2 Å². The molecule has 28 heavy (non-hydrogen) atoms. The number of hydrogen-bond acceptors (Lipinski definition) is 3. The molecule has 3 rings (SSSR count). The molecule has 2 saturated carbocycles. The van der Waals surface area contributed by atoms with Crippen LogP contribution in [0.25, 0.3) is 0 Å². The van der Waals surface area contributed by atoms with Crippen LogP contribution in [0.3, 0.4) is 0 Å². The lowest BCUT2D eigenvalue weighted by Gasteiger charge is -2.45. The van der Waals surface area contributed by atoms with E-state index in [9.17, 15) is 14.3 Å². The van der Waals surface area contributed by atoms with Gasteiger partial charge in [-0.1, -0.05) is 25.5 Å². The van der Waals surface area contributed by atoms with Crippen molar-refractivity contribution in [1.82, 2.24) is 0 Å². The summed E-state index contributed by atoms with van der Waals surface area (Å²) in [6.45, 7) is 2.16. The molecule has 2 N–H and O–H groups in total. The van der Waals surface area contributed by atoms with Crippen molar-refractivity contribution >= 4 is 17.3 Å². The zero-order chi connectivity index (χ0) is 20.1. The molecular weight excluding hydrogens is 375 g/mol. The topological polar surface area (TPSA) is 57.5 Å². The van der Waals surface area contributed by atoms with E-state index < -0.39 is 12.1 Å². The van der Waals surface area contributed by atoms with E-state index in [1.165, 1.54) is 17.8 Å². The van der Waals surface area contributed by atoms with Crippen LogP contribution < -0.4 is 0 Å². The predicted octanol–water partition coefficient (Wildman–Crippen LogP) is 6.02. The Labute approximate surface area is 171 Å². The number of carboxylic acid groups (broad SMARTS) is 1. The van der Waals surface area contributed by atoms with Crippen LogP contribution in [0, 0.1) is 17.3 Å². The zero-order valence-corrected chi connectivity index (χ0v) is 17.6. The van der Waals surface area contributed by atoms with Gasteiger partial charge >= 0.3 is 5.97 Å². The van der Waals surface area contributed by atoms with Crippen molar-refractivity contribution in [2.45, 2.75) is 83.4 Å². The largest absolute Gasteiger partial charge is 0.477 e. The molecule has 4 atom stereocenters. The predicted molar refractivity (Wildman–Crippen MR) is 112 cm³/mol. The highest BCUT2D eigenvalue weighted by Crippen LogP contribution is 2.47. The van der Waals surface area contributed by atoms with Gasteiger partial charge in [0.15, 0.2) is 0 Å². The summed E-state index contributed by atoms with van der Waals surface area (Å²) in [5.74, 6) is -0.554. The number of hydrogen-bond donors (Lipinski definition) is 2. The Morgan fingerprint density at radius 2 is 2.18 bits per heavy atom. The first kappa shape index (κ1) is 21.5. The van der Waals surface area contributed by atoms with Crippen molar-refractivity contribution in [2.75, 3.05) is 0 Å². The third-order valence-corrected chi connectivity index (χ3v) is 8.26. The summed E-state index contributed by atoms with van der Waals surface area (Å²) in [6, 6.07) is 3.56. The maximum atomic E-state index is 14.4. The van der Waals surface area contributed by atoms with E-state index in [4.69, 9.17) is 5.11 Å². The number of rotatable bonds is 10. The van der Waals surface area contributed by atoms with Gasteiger partial charge in [-0.15, -0.1) is 11.3 Å². The van der Waals surface area contributed by atoms with E-state index in [-0.39, 0.29) is 17.4 Å². The Morgan fingerprint density at radius 3 is 2.79 bits per heavy atom. The molecule has 0 aliphatic heterocycles. The van der Waals surface area contributed by atoms with E-state index in [2.05, 4.69) is 6.92 Å². The average molecular weight is 409 g/mol. The third-order valence-electron chi connectivity index (χ3n) is 7.12. The number of thiophene rings is 1. The molecular formula is C23H33FO3S. The van der Waals surface area contributed by atoms with Gasteiger partial charge in [0.25, 0.3) is 0 Å². The van der Waals surface area contributed by atoms with Gasteiger partial charge in [-0.3, -0.25) is 0 Å². The summed E-state index contributed by atoms with van der Waals surface area (Å²) < 4.78 is 14.4. The fourth-order valence-corrected chi connectivity index (χ4v) is 5.89. The minimum Gasteiger partial charge on any atom is -0.477 e. The Bertz CT molecular complexity index is 674. The van der Waals surface area contributed by atoms with Gasteiger partial charge in [-0.25, -0.2) is 9.18 Å². The van der Waals surface area contributed by atoms with E-state index in [1.54, 1.807) is 6.07 Å². The number of carbonyl (C=O) groups is 1. The van der Waals surface area contributed by atoms with Crippen LogP contribution in [0.4, 0.5) is 4.39 Å². The maximum absolute atomic E-state index is 14.4. The van der Waals surface area contributed by atoms with Crippen molar-refractivity contribution in [3.8, 4) is 0 Å². The van der Waals surface area contributed by atoms with Crippen LogP contribution >= 0.6 is 11.3 Å². The van der Waals surface area contributed by atoms with E-state index >= 15 is 0 Å². The molecule has 1 heterocycles. The number of aliphatic hydroxyl groups is 1. The van der Waals surface area contributed by atoms with Crippen molar-refractivity contribution < 1.29 is 19.4 Å². The molecule has 1 aromatic rings. The van der Waals surface area contributed by atoms with E-state index in [0.717, 1.165) is 49.8 Å². The molecule has 5 heteroatoms. The lowest BCUT2D eigenvalue weighted by atomic mass is 9.63. The molecule has 2 unspecified atom stereocenters. The van der Waals surface area contributed by atoms with Crippen LogP contribution in [0.5, 0.6) is 0 Å². The highest BCUT2D eigenvalue weighted by atomic mass is 32.1. The van der Waals surface area contributed by atoms with Gasteiger partial charge < -0.3 is 10.2 Å². The first-order chi connectivity index (χ1) is 13.4. The van der Waals surface area contributed by atoms with Gasteiger partial charge in [0.2, 0.25) is 0 Å². The number of aliphatic hydroxyl groups excluding tert-OH is 1. The number of alkyl halides is 1. The number of halogens is 1. The molecule has 0 saturated heterocycles. The molecule has 2 aliphatic rings. The van der Waals surface area contributed by atoms with Crippen LogP contribution in [0.15, 0.2) is 24.3 Å². The minimum absolute atomic E-state index is 0.0379. The van der Waals surface area contributed by atoms with Crippen LogP contribution in [-0.4, -0.2) is 28.5 Å². The van der Waals surface area contributed by atoms with Gasteiger partial charge in [-0.05, 0) is 81.3 Å². The number of allylic oxidation sites excluding steroid dienone is 1. The molecule has 0 spiro atoms. The zero-order valence-electron chi connectivity index (χ0n) is 16.8. The molecule has 2 fully saturated rings. The summed E-state index contributed by atoms with van der Waals surface area (Å²) >= 11 is 1.34. The van der Waals surface area contributed by atoms with Crippen molar-refractivity contribution in [1.29, 1.82) is 0 Å².